The second kappa shape index (κ2) is 10.6. The molecule has 0 bridgehead atoms. The summed E-state index contributed by atoms with van der Waals surface area (Å²) in [5, 5.41) is 25.3. The SMILES string of the molecule is COc1ccc(OC)c(CNC(C)(CCCCC(=O)O)c2nnnn2C2CCCC2)c1. The van der Waals surface area contributed by atoms with Crippen LogP contribution in [0.5, 0.6) is 11.5 Å². The maximum atomic E-state index is 10.9. The van der Waals surface area contributed by atoms with Gasteiger partial charge >= 0.3 is 5.97 Å². The first-order valence-corrected chi connectivity index (χ1v) is 10.9. The van der Waals surface area contributed by atoms with Crippen LogP contribution in [-0.4, -0.2) is 45.5 Å². The fourth-order valence-corrected chi connectivity index (χ4v) is 4.30. The molecular formula is C22H33N5O4. The molecule has 1 atom stereocenters. The number of nitrogens with one attached hydrogen (secondary N) is 1. The monoisotopic (exact) mass is 431 g/mol. The highest BCUT2D eigenvalue weighted by molar-refractivity contribution is 5.66. The van der Waals surface area contributed by atoms with Gasteiger partial charge in [-0.1, -0.05) is 19.3 Å². The van der Waals surface area contributed by atoms with E-state index in [9.17, 15) is 4.79 Å². The summed E-state index contributed by atoms with van der Waals surface area (Å²) in [4.78, 5) is 10.9. The highest BCUT2D eigenvalue weighted by Crippen LogP contribution is 2.34. The van der Waals surface area contributed by atoms with Gasteiger partial charge in [0.25, 0.3) is 0 Å². The van der Waals surface area contributed by atoms with Crippen LogP contribution in [0.1, 0.15) is 75.7 Å². The summed E-state index contributed by atoms with van der Waals surface area (Å²) in [7, 11) is 3.29. The van der Waals surface area contributed by atoms with Crippen LogP contribution in [0.25, 0.3) is 0 Å². The third-order valence-corrected chi connectivity index (χ3v) is 6.13. The summed E-state index contributed by atoms with van der Waals surface area (Å²) in [5.74, 6) is 1.57. The number of ether oxygens (including phenoxy) is 2. The van der Waals surface area contributed by atoms with Gasteiger partial charge in [-0.05, 0) is 61.2 Å². The van der Waals surface area contributed by atoms with Crippen molar-refractivity contribution in [1.82, 2.24) is 25.5 Å². The first kappa shape index (κ1) is 23.0. The van der Waals surface area contributed by atoms with E-state index in [2.05, 4.69) is 27.8 Å². The smallest absolute Gasteiger partial charge is 0.303 e. The highest BCUT2D eigenvalue weighted by atomic mass is 16.5. The summed E-state index contributed by atoms with van der Waals surface area (Å²) >= 11 is 0. The van der Waals surface area contributed by atoms with Crippen molar-refractivity contribution < 1.29 is 19.4 Å². The van der Waals surface area contributed by atoms with Crippen molar-refractivity contribution >= 4 is 5.97 Å². The Balaban J connectivity index is 1.83. The number of carboxylic acids is 1. The molecule has 0 radical (unpaired) electrons. The van der Waals surface area contributed by atoms with Crippen molar-refractivity contribution in [3.63, 3.8) is 0 Å². The van der Waals surface area contributed by atoms with Gasteiger partial charge < -0.3 is 19.9 Å². The number of carboxylic acid groups (broad SMARTS) is 1. The van der Waals surface area contributed by atoms with Crippen molar-refractivity contribution in [2.24, 2.45) is 0 Å². The van der Waals surface area contributed by atoms with Gasteiger partial charge in [0.2, 0.25) is 0 Å². The van der Waals surface area contributed by atoms with E-state index in [4.69, 9.17) is 14.6 Å². The molecule has 0 spiro atoms. The second-order valence-electron chi connectivity index (χ2n) is 8.35. The average molecular weight is 432 g/mol. The van der Waals surface area contributed by atoms with Gasteiger partial charge in [0.1, 0.15) is 11.5 Å². The zero-order valence-electron chi connectivity index (χ0n) is 18.6. The van der Waals surface area contributed by atoms with E-state index in [1.165, 1.54) is 12.8 Å². The molecule has 2 aromatic rings. The lowest BCUT2D eigenvalue weighted by Gasteiger charge is -2.31. The van der Waals surface area contributed by atoms with E-state index >= 15 is 0 Å². The van der Waals surface area contributed by atoms with Crippen molar-refractivity contribution in [3.05, 3.63) is 29.6 Å². The van der Waals surface area contributed by atoms with Crippen LogP contribution >= 0.6 is 0 Å². The number of nitrogens with zero attached hydrogens (tertiary/aromatic N) is 4. The zero-order valence-corrected chi connectivity index (χ0v) is 18.6. The Morgan fingerprint density at radius 2 is 2.03 bits per heavy atom. The number of tetrazole rings is 1. The van der Waals surface area contributed by atoms with Crippen molar-refractivity contribution in [3.8, 4) is 11.5 Å². The van der Waals surface area contributed by atoms with E-state index in [0.717, 1.165) is 48.6 Å². The predicted octanol–water partition coefficient (Wildman–Crippen LogP) is 3.46. The number of aromatic nitrogens is 4. The molecule has 2 N–H and O–H groups in total. The molecule has 170 valence electrons. The molecule has 0 aliphatic heterocycles. The molecule has 0 amide bonds. The molecule has 31 heavy (non-hydrogen) atoms. The van der Waals surface area contributed by atoms with Crippen molar-refractivity contribution in [1.29, 1.82) is 0 Å². The van der Waals surface area contributed by atoms with Crippen molar-refractivity contribution in [2.75, 3.05) is 14.2 Å². The molecule has 1 aliphatic carbocycles. The fourth-order valence-electron chi connectivity index (χ4n) is 4.30. The first-order chi connectivity index (χ1) is 15.0. The standard InChI is InChI=1S/C22H33N5O4/c1-22(13-7-6-10-20(28)29,21-24-25-26-27(21)17-8-4-5-9-17)23-15-16-14-18(30-2)11-12-19(16)31-3/h11-12,14,17,23H,4-10,13,15H2,1-3H3,(H,28,29). The molecule has 1 aromatic heterocycles. The Morgan fingerprint density at radius 1 is 1.26 bits per heavy atom. The van der Waals surface area contributed by atoms with Crippen LogP contribution in [0.3, 0.4) is 0 Å². The van der Waals surface area contributed by atoms with Crippen LogP contribution in [0, 0.1) is 0 Å². The van der Waals surface area contributed by atoms with E-state index in [1.807, 2.05) is 22.9 Å². The third kappa shape index (κ3) is 5.72. The Kier molecular flexibility index (Phi) is 7.84. The summed E-state index contributed by atoms with van der Waals surface area (Å²) in [5.41, 5.74) is 0.456. The lowest BCUT2D eigenvalue weighted by atomic mass is 9.92. The fraction of sp³-hybridized carbons (Fsp3) is 0.636. The van der Waals surface area contributed by atoms with Crippen molar-refractivity contribution in [2.45, 2.75) is 76.4 Å². The largest absolute Gasteiger partial charge is 0.497 e. The van der Waals surface area contributed by atoms with Crippen LogP contribution in [0.2, 0.25) is 0 Å². The normalized spacial score (nSPS) is 16.2. The summed E-state index contributed by atoms with van der Waals surface area (Å²) in [6.45, 7) is 2.63. The molecule has 1 heterocycles. The maximum Gasteiger partial charge on any atom is 0.303 e. The summed E-state index contributed by atoms with van der Waals surface area (Å²) < 4.78 is 12.9. The number of methoxy groups -OCH3 is 2. The average Bonchev–Trinajstić information content (AvgIpc) is 3.47. The summed E-state index contributed by atoms with van der Waals surface area (Å²) in [6.07, 6.45) is 6.78. The van der Waals surface area contributed by atoms with Crippen LogP contribution in [0.15, 0.2) is 18.2 Å². The van der Waals surface area contributed by atoms with E-state index in [1.54, 1.807) is 14.2 Å². The van der Waals surface area contributed by atoms with E-state index < -0.39 is 11.5 Å². The number of benzene rings is 1. The lowest BCUT2D eigenvalue weighted by molar-refractivity contribution is -0.137. The number of hydrogen-bond acceptors (Lipinski definition) is 7. The Morgan fingerprint density at radius 3 is 2.71 bits per heavy atom. The zero-order chi connectivity index (χ0) is 22.3. The van der Waals surface area contributed by atoms with Gasteiger partial charge in [0.15, 0.2) is 5.82 Å². The minimum absolute atomic E-state index is 0.160. The molecule has 1 saturated carbocycles. The minimum Gasteiger partial charge on any atom is -0.497 e. The lowest BCUT2D eigenvalue weighted by Crippen LogP contribution is -2.42. The molecule has 1 fully saturated rings. The number of unbranched alkanes of at least 4 members (excludes halogenated alkanes) is 1. The molecule has 1 unspecified atom stereocenters. The van der Waals surface area contributed by atoms with E-state index in [-0.39, 0.29) is 6.42 Å². The highest BCUT2D eigenvalue weighted by Gasteiger charge is 2.35. The van der Waals surface area contributed by atoms with Gasteiger partial charge in [0.05, 0.1) is 25.8 Å². The van der Waals surface area contributed by atoms with Gasteiger partial charge in [-0.2, -0.15) is 0 Å². The second-order valence-corrected chi connectivity index (χ2v) is 8.35. The molecular weight excluding hydrogens is 398 g/mol. The van der Waals surface area contributed by atoms with Crippen LogP contribution in [0.4, 0.5) is 0 Å². The number of hydrogen-bond donors (Lipinski definition) is 2. The Labute approximate surface area is 183 Å². The van der Waals surface area contributed by atoms with Gasteiger partial charge in [-0.3, -0.25) is 4.79 Å². The van der Waals surface area contributed by atoms with Gasteiger partial charge in [-0.25, -0.2) is 4.68 Å². The quantitative estimate of drug-likeness (QED) is 0.492. The topological polar surface area (TPSA) is 111 Å². The molecule has 1 aliphatic rings. The van der Waals surface area contributed by atoms with Crippen LogP contribution in [-0.2, 0) is 16.9 Å². The Hall–Kier alpha value is -2.68. The minimum atomic E-state index is -0.772. The van der Waals surface area contributed by atoms with Gasteiger partial charge in [0, 0.05) is 18.5 Å². The Bertz CT molecular complexity index is 865. The predicted molar refractivity (Wildman–Crippen MR) is 115 cm³/mol. The number of aliphatic carboxylic acids is 1. The molecule has 0 saturated heterocycles. The van der Waals surface area contributed by atoms with Gasteiger partial charge in [-0.15, -0.1) is 5.10 Å². The number of carbonyl (C=O) groups is 1. The maximum absolute atomic E-state index is 10.9. The number of rotatable bonds is 12. The first-order valence-electron chi connectivity index (χ1n) is 10.9. The van der Waals surface area contributed by atoms with Crippen LogP contribution < -0.4 is 14.8 Å². The molecule has 9 nitrogen and oxygen atoms in total. The summed E-state index contributed by atoms with van der Waals surface area (Å²) in [6, 6.07) is 6.03. The molecule has 9 heteroatoms. The third-order valence-electron chi connectivity index (χ3n) is 6.13. The molecule has 3 rings (SSSR count). The van der Waals surface area contributed by atoms with E-state index in [0.29, 0.717) is 19.0 Å². The molecule has 1 aromatic carbocycles.